The number of rotatable bonds is 2. The van der Waals surface area contributed by atoms with Gasteiger partial charge in [-0.05, 0) is 30.3 Å². The van der Waals surface area contributed by atoms with Gasteiger partial charge in [-0.15, -0.1) is 0 Å². The molecule has 0 spiro atoms. The fourth-order valence-corrected chi connectivity index (χ4v) is 2.49. The molecule has 2 nitrogen and oxygen atoms in total. The lowest BCUT2D eigenvalue weighted by Crippen LogP contribution is -2.05. The summed E-state index contributed by atoms with van der Waals surface area (Å²) < 4.78 is 38.0. The Hall–Kier alpha value is -1.21. The van der Waals surface area contributed by atoms with Crippen molar-refractivity contribution in [1.29, 1.82) is 0 Å². The molecule has 2 aromatic rings. The van der Waals surface area contributed by atoms with Crippen LogP contribution in [-0.4, -0.2) is 4.98 Å². The molecule has 1 heterocycles. The molecule has 19 heavy (non-hydrogen) atoms. The van der Waals surface area contributed by atoms with E-state index in [1.54, 1.807) is 12.1 Å². The smallest absolute Gasteiger partial charge is 0.398 e. The Morgan fingerprint density at radius 2 is 1.89 bits per heavy atom. The second kappa shape index (κ2) is 5.42. The maximum Gasteiger partial charge on any atom is 0.417 e. The summed E-state index contributed by atoms with van der Waals surface area (Å²) in [4.78, 5) is 4.53. The third kappa shape index (κ3) is 3.63. The molecule has 0 bridgehead atoms. The first-order valence-electron chi connectivity index (χ1n) is 5.12. The van der Waals surface area contributed by atoms with Crippen molar-refractivity contribution in [3.8, 4) is 0 Å². The highest BCUT2D eigenvalue weighted by molar-refractivity contribution is 9.10. The summed E-state index contributed by atoms with van der Waals surface area (Å²) in [7, 11) is 0. The third-order valence-corrected chi connectivity index (χ3v) is 3.79. The van der Waals surface area contributed by atoms with Gasteiger partial charge in [-0.25, -0.2) is 4.98 Å². The van der Waals surface area contributed by atoms with Crippen LogP contribution in [-0.2, 0) is 6.18 Å². The molecular weight excluding hydrogens is 341 g/mol. The van der Waals surface area contributed by atoms with Crippen molar-refractivity contribution in [2.45, 2.75) is 16.1 Å². The Labute approximate surface area is 120 Å². The van der Waals surface area contributed by atoms with Gasteiger partial charge in [0.2, 0.25) is 0 Å². The highest BCUT2D eigenvalue weighted by Crippen LogP contribution is 2.34. The Morgan fingerprint density at radius 1 is 1.16 bits per heavy atom. The Kier molecular flexibility index (Phi) is 4.05. The van der Waals surface area contributed by atoms with Crippen LogP contribution in [0, 0.1) is 0 Å². The number of nitrogens with two attached hydrogens (primary N) is 1. The number of benzene rings is 1. The Morgan fingerprint density at radius 3 is 2.42 bits per heavy atom. The van der Waals surface area contributed by atoms with Crippen molar-refractivity contribution in [2.24, 2.45) is 0 Å². The Bertz CT molecular complexity index is 585. The van der Waals surface area contributed by atoms with Crippen LogP contribution in [0.2, 0.25) is 0 Å². The number of aromatic nitrogens is 1. The van der Waals surface area contributed by atoms with Gasteiger partial charge in [0.1, 0.15) is 5.03 Å². The average molecular weight is 349 g/mol. The predicted octanol–water partition coefficient (Wildman–Crippen LogP) is 4.60. The van der Waals surface area contributed by atoms with E-state index in [2.05, 4.69) is 20.9 Å². The number of hydrogen-bond donors (Lipinski definition) is 1. The van der Waals surface area contributed by atoms with Gasteiger partial charge in [0.15, 0.2) is 0 Å². The monoisotopic (exact) mass is 348 g/mol. The second-order valence-electron chi connectivity index (χ2n) is 3.67. The van der Waals surface area contributed by atoms with Crippen molar-refractivity contribution < 1.29 is 13.2 Å². The molecular formula is C12H8BrF3N2S. The lowest BCUT2D eigenvalue weighted by atomic mass is 10.3. The van der Waals surface area contributed by atoms with E-state index in [-0.39, 0.29) is 0 Å². The molecule has 7 heteroatoms. The second-order valence-corrected chi connectivity index (χ2v) is 5.64. The minimum atomic E-state index is -4.37. The summed E-state index contributed by atoms with van der Waals surface area (Å²) in [6.07, 6.45) is -3.55. The van der Waals surface area contributed by atoms with E-state index in [9.17, 15) is 13.2 Å². The molecule has 2 N–H and O–H groups in total. The Balaban J connectivity index is 2.20. The van der Waals surface area contributed by atoms with E-state index in [0.29, 0.717) is 10.7 Å². The van der Waals surface area contributed by atoms with Gasteiger partial charge < -0.3 is 5.73 Å². The van der Waals surface area contributed by atoms with Crippen molar-refractivity contribution in [3.63, 3.8) is 0 Å². The summed E-state index contributed by atoms with van der Waals surface area (Å²) in [6.45, 7) is 0. The number of anilines is 1. The summed E-state index contributed by atoms with van der Waals surface area (Å²) in [5, 5.41) is 0.460. The third-order valence-electron chi connectivity index (χ3n) is 2.25. The number of pyridine rings is 1. The highest BCUT2D eigenvalue weighted by Gasteiger charge is 2.30. The van der Waals surface area contributed by atoms with Gasteiger partial charge >= 0.3 is 6.18 Å². The van der Waals surface area contributed by atoms with E-state index in [1.807, 2.05) is 6.07 Å². The van der Waals surface area contributed by atoms with Crippen molar-refractivity contribution in [1.82, 2.24) is 4.98 Å². The fourth-order valence-electron chi connectivity index (χ4n) is 1.33. The minimum Gasteiger partial charge on any atom is -0.398 e. The van der Waals surface area contributed by atoms with Crippen molar-refractivity contribution >= 4 is 33.4 Å². The number of hydrogen-bond acceptors (Lipinski definition) is 3. The molecule has 1 aromatic carbocycles. The number of halogens is 4. The molecule has 1 aromatic heterocycles. The number of nitrogens with zero attached hydrogens (tertiary/aromatic N) is 1. The van der Waals surface area contributed by atoms with Gasteiger partial charge in [-0.2, -0.15) is 13.2 Å². The molecule has 0 fully saturated rings. The zero-order chi connectivity index (χ0) is 14.0. The molecule has 0 saturated heterocycles. The van der Waals surface area contributed by atoms with Crippen LogP contribution in [0.25, 0.3) is 0 Å². The van der Waals surface area contributed by atoms with E-state index in [1.165, 1.54) is 17.8 Å². The summed E-state index contributed by atoms with van der Waals surface area (Å²) in [6, 6.07) is 7.65. The maximum absolute atomic E-state index is 12.4. The molecule has 0 aliphatic carbocycles. The normalized spacial score (nSPS) is 11.6. The van der Waals surface area contributed by atoms with Gasteiger partial charge in [-0.3, -0.25) is 0 Å². The highest BCUT2D eigenvalue weighted by atomic mass is 79.9. The molecule has 0 amide bonds. The zero-order valence-corrected chi connectivity index (χ0v) is 11.8. The summed E-state index contributed by atoms with van der Waals surface area (Å²) in [5.74, 6) is 0. The predicted molar refractivity (Wildman–Crippen MR) is 71.9 cm³/mol. The number of nitrogen functional groups attached to an aromatic ring is 1. The maximum atomic E-state index is 12.4. The molecule has 0 aliphatic rings. The average Bonchev–Trinajstić information content (AvgIpc) is 2.32. The molecule has 0 saturated carbocycles. The molecule has 0 aliphatic heterocycles. The SMILES string of the molecule is Nc1cc(Br)ccc1Sc1ccc(C(F)(F)F)cn1. The topological polar surface area (TPSA) is 38.9 Å². The van der Waals surface area contributed by atoms with E-state index in [0.717, 1.165) is 21.6 Å². The largest absolute Gasteiger partial charge is 0.417 e. The van der Waals surface area contributed by atoms with Crippen LogP contribution >= 0.6 is 27.7 Å². The number of alkyl halides is 3. The van der Waals surface area contributed by atoms with Crippen LogP contribution < -0.4 is 5.73 Å². The fraction of sp³-hybridized carbons (Fsp3) is 0.0833. The van der Waals surface area contributed by atoms with Gasteiger partial charge in [0.05, 0.1) is 5.56 Å². The minimum absolute atomic E-state index is 0.460. The van der Waals surface area contributed by atoms with E-state index < -0.39 is 11.7 Å². The van der Waals surface area contributed by atoms with Gasteiger partial charge in [-0.1, -0.05) is 27.7 Å². The molecule has 100 valence electrons. The molecule has 0 radical (unpaired) electrons. The van der Waals surface area contributed by atoms with Gasteiger partial charge in [0.25, 0.3) is 0 Å². The molecule has 2 rings (SSSR count). The van der Waals surface area contributed by atoms with Crippen LogP contribution in [0.15, 0.2) is 50.9 Å². The standard InChI is InChI=1S/C12H8BrF3N2S/c13-8-2-3-10(9(17)5-8)19-11-4-1-7(6-18-11)12(14,15)16/h1-6H,17H2. The van der Waals surface area contributed by atoms with Gasteiger partial charge in [0, 0.05) is 21.3 Å². The van der Waals surface area contributed by atoms with E-state index in [4.69, 9.17) is 5.73 Å². The first-order valence-corrected chi connectivity index (χ1v) is 6.73. The van der Waals surface area contributed by atoms with Crippen LogP contribution in [0.3, 0.4) is 0 Å². The van der Waals surface area contributed by atoms with Crippen molar-refractivity contribution in [3.05, 3.63) is 46.6 Å². The quantitative estimate of drug-likeness (QED) is 0.806. The lowest BCUT2D eigenvalue weighted by Gasteiger charge is -2.08. The van der Waals surface area contributed by atoms with Crippen LogP contribution in [0.1, 0.15) is 5.56 Å². The molecule has 0 atom stereocenters. The van der Waals surface area contributed by atoms with Crippen LogP contribution in [0.4, 0.5) is 18.9 Å². The van der Waals surface area contributed by atoms with Crippen molar-refractivity contribution in [2.75, 3.05) is 5.73 Å². The summed E-state index contributed by atoms with van der Waals surface area (Å²) in [5.41, 5.74) is 5.59. The van der Waals surface area contributed by atoms with Crippen LogP contribution in [0.5, 0.6) is 0 Å². The first kappa shape index (κ1) is 14.2. The summed E-state index contributed by atoms with van der Waals surface area (Å²) >= 11 is 4.50. The van der Waals surface area contributed by atoms with E-state index >= 15 is 0 Å². The first-order chi connectivity index (χ1) is 8.86. The zero-order valence-electron chi connectivity index (χ0n) is 9.41. The molecule has 0 unspecified atom stereocenters. The lowest BCUT2D eigenvalue weighted by molar-refractivity contribution is -0.137.